The Morgan fingerprint density at radius 3 is 2.73 bits per heavy atom. The van der Waals surface area contributed by atoms with Gasteiger partial charge in [-0.3, -0.25) is 4.79 Å². The molecule has 0 unspecified atom stereocenters. The summed E-state index contributed by atoms with van der Waals surface area (Å²) in [7, 11) is 0. The van der Waals surface area contributed by atoms with E-state index >= 15 is 0 Å². The normalized spacial score (nSPS) is 12.1. The summed E-state index contributed by atoms with van der Waals surface area (Å²) in [4.78, 5) is 34.4. The Kier molecular flexibility index (Phi) is 4.16. The number of rotatable bonds is 4. The molecule has 1 heterocycles. The van der Waals surface area contributed by atoms with E-state index in [0.717, 1.165) is 0 Å². The van der Waals surface area contributed by atoms with Crippen LogP contribution in [0.5, 0.6) is 5.75 Å². The molecule has 2 aromatic rings. The summed E-state index contributed by atoms with van der Waals surface area (Å²) in [6, 6.07) is 3.18. The molecule has 0 fully saturated rings. The first-order chi connectivity index (χ1) is 10.3. The highest BCUT2D eigenvalue weighted by molar-refractivity contribution is 5.87. The second kappa shape index (κ2) is 5.88. The number of hydrogen-bond donors (Lipinski definition) is 2. The lowest BCUT2D eigenvalue weighted by molar-refractivity contribution is -0.307. The zero-order valence-electron chi connectivity index (χ0n) is 12.0. The summed E-state index contributed by atoms with van der Waals surface area (Å²) in [6.07, 6.45) is -0.303. The minimum absolute atomic E-state index is 0.0386. The average molecular weight is 304 g/mol. The lowest BCUT2D eigenvalue weighted by Gasteiger charge is -2.15. The van der Waals surface area contributed by atoms with Gasteiger partial charge in [-0.25, -0.2) is 4.79 Å². The maximum atomic E-state index is 12.0. The number of hydrogen-bond acceptors (Lipinski definition) is 6. The number of phenols is 1. The fourth-order valence-corrected chi connectivity index (χ4v) is 2.10. The smallest absolute Gasteiger partial charge is 0.340 e. The van der Waals surface area contributed by atoms with Crippen molar-refractivity contribution < 1.29 is 24.2 Å². The number of nitrogens with one attached hydrogen (secondary N) is 1. The first-order valence-corrected chi connectivity index (χ1v) is 6.55. The van der Waals surface area contributed by atoms with Gasteiger partial charge in [-0.15, -0.1) is 0 Å². The van der Waals surface area contributed by atoms with E-state index in [1.807, 2.05) is 0 Å². The fraction of sp³-hybridized carbons (Fsp3) is 0.267. The number of fused-ring (bicyclic) bond motifs is 1. The van der Waals surface area contributed by atoms with E-state index in [0.29, 0.717) is 10.9 Å². The van der Waals surface area contributed by atoms with E-state index in [2.05, 4.69) is 5.32 Å². The van der Waals surface area contributed by atoms with E-state index < -0.39 is 23.5 Å². The van der Waals surface area contributed by atoms with Crippen molar-refractivity contribution in [3.05, 3.63) is 39.7 Å². The Labute approximate surface area is 125 Å². The molecule has 0 radical (unpaired) electrons. The molecule has 0 spiro atoms. The molecule has 0 aliphatic rings. The second-order valence-electron chi connectivity index (χ2n) is 4.96. The van der Waals surface area contributed by atoms with Crippen molar-refractivity contribution in [3.8, 4) is 5.75 Å². The number of phenolic OH excluding ortho intramolecular Hbond substituents is 1. The van der Waals surface area contributed by atoms with Crippen LogP contribution in [0.1, 0.15) is 18.1 Å². The molecule has 2 N–H and O–H groups in total. The van der Waals surface area contributed by atoms with Gasteiger partial charge in [-0.05, 0) is 31.5 Å². The van der Waals surface area contributed by atoms with E-state index in [4.69, 9.17) is 4.42 Å². The van der Waals surface area contributed by atoms with Crippen LogP contribution in [-0.2, 0) is 16.0 Å². The van der Waals surface area contributed by atoms with Crippen LogP contribution < -0.4 is 16.0 Å². The summed E-state index contributed by atoms with van der Waals surface area (Å²) < 4.78 is 5.08. The van der Waals surface area contributed by atoms with Crippen molar-refractivity contribution in [2.75, 3.05) is 0 Å². The first kappa shape index (κ1) is 15.6. The Morgan fingerprint density at radius 1 is 1.41 bits per heavy atom. The monoisotopic (exact) mass is 304 g/mol. The maximum Gasteiger partial charge on any atom is 0.340 e. The summed E-state index contributed by atoms with van der Waals surface area (Å²) in [6.45, 7) is 2.92. The number of amides is 1. The highest BCUT2D eigenvalue weighted by Crippen LogP contribution is 2.23. The van der Waals surface area contributed by atoms with Crippen molar-refractivity contribution in [3.63, 3.8) is 0 Å². The quantitative estimate of drug-likeness (QED) is 0.742. The summed E-state index contributed by atoms with van der Waals surface area (Å²) >= 11 is 0. The molecule has 0 bridgehead atoms. The SMILES string of the molecule is Cc1c(CC(=O)N[C@@H](C)C(=O)[O-])c(=O)oc2cc(O)ccc12. The van der Waals surface area contributed by atoms with E-state index in [9.17, 15) is 24.6 Å². The van der Waals surface area contributed by atoms with Gasteiger partial charge in [0, 0.05) is 11.5 Å². The van der Waals surface area contributed by atoms with Crippen LogP contribution in [0.25, 0.3) is 11.0 Å². The first-order valence-electron chi connectivity index (χ1n) is 6.55. The minimum Gasteiger partial charge on any atom is -0.548 e. The van der Waals surface area contributed by atoms with Crippen LogP contribution in [-0.4, -0.2) is 23.0 Å². The van der Waals surface area contributed by atoms with Crippen molar-refractivity contribution in [1.82, 2.24) is 5.32 Å². The maximum absolute atomic E-state index is 12.0. The van der Waals surface area contributed by atoms with Gasteiger partial charge in [0.25, 0.3) is 0 Å². The lowest BCUT2D eigenvalue weighted by Crippen LogP contribution is -2.46. The number of carboxylic acids is 1. The average Bonchev–Trinajstić information content (AvgIpc) is 2.42. The molecule has 2 rings (SSSR count). The molecule has 116 valence electrons. The van der Waals surface area contributed by atoms with Crippen LogP contribution in [0.15, 0.2) is 27.4 Å². The summed E-state index contributed by atoms with van der Waals surface area (Å²) in [5.41, 5.74) is 0.199. The van der Waals surface area contributed by atoms with Gasteiger partial charge < -0.3 is 24.7 Å². The van der Waals surface area contributed by atoms with Gasteiger partial charge in [0.2, 0.25) is 5.91 Å². The topological polar surface area (TPSA) is 120 Å². The van der Waals surface area contributed by atoms with Crippen LogP contribution in [0, 0.1) is 6.92 Å². The molecule has 0 aliphatic heterocycles. The van der Waals surface area contributed by atoms with Gasteiger partial charge in [0.1, 0.15) is 11.3 Å². The number of aromatic hydroxyl groups is 1. The Hall–Kier alpha value is -2.83. The number of benzene rings is 1. The highest BCUT2D eigenvalue weighted by Gasteiger charge is 2.16. The van der Waals surface area contributed by atoms with Gasteiger partial charge >= 0.3 is 5.63 Å². The van der Waals surface area contributed by atoms with Crippen LogP contribution in [0.4, 0.5) is 0 Å². The summed E-state index contributed by atoms with van der Waals surface area (Å²) in [5, 5.41) is 22.8. The molecular weight excluding hydrogens is 290 g/mol. The van der Waals surface area contributed by atoms with Crippen molar-refractivity contribution >= 4 is 22.8 Å². The van der Waals surface area contributed by atoms with Crippen LogP contribution in [0.2, 0.25) is 0 Å². The number of carbonyl (C=O) groups excluding carboxylic acids is 2. The number of aryl methyl sites for hydroxylation is 1. The highest BCUT2D eigenvalue weighted by atomic mass is 16.4. The molecule has 7 heteroatoms. The summed E-state index contributed by atoms with van der Waals surface area (Å²) in [5.74, 6) is -2.07. The molecule has 0 saturated carbocycles. The molecule has 1 aromatic heterocycles. The molecular formula is C15H14NO6-. The zero-order chi connectivity index (χ0) is 16.4. The molecule has 1 amide bonds. The number of carbonyl (C=O) groups is 2. The lowest BCUT2D eigenvalue weighted by atomic mass is 10.0. The van der Waals surface area contributed by atoms with Gasteiger partial charge in [0.15, 0.2) is 0 Å². The zero-order valence-corrected chi connectivity index (χ0v) is 12.0. The largest absolute Gasteiger partial charge is 0.548 e. The predicted molar refractivity (Wildman–Crippen MR) is 75.2 cm³/mol. The van der Waals surface area contributed by atoms with Gasteiger partial charge in [-0.1, -0.05) is 0 Å². The van der Waals surface area contributed by atoms with E-state index in [1.165, 1.54) is 19.1 Å². The molecule has 22 heavy (non-hydrogen) atoms. The fourth-order valence-electron chi connectivity index (χ4n) is 2.10. The molecule has 1 aromatic carbocycles. The molecule has 0 aliphatic carbocycles. The van der Waals surface area contributed by atoms with Crippen LogP contribution >= 0.6 is 0 Å². The predicted octanol–water partition coefficient (Wildman–Crippen LogP) is -0.396. The van der Waals surface area contributed by atoms with Gasteiger partial charge in [-0.2, -0.15) is 0 Å². The Balaban J connectivity index is 2.36. The Morgan fingerprint density at radius 2 is 2.09 bits per heavy atom. The molecule has 7 nitrogen and oxygen atoms in total. The minimum atomic E-state index is -1.41. The molecule has 1 atom stereocenters. The Bertz CT molecular complexity index is 808. The molecule has 0 saturated heterocycles. The van der Waals surface area contributed by atoms with Gasteiger partial charge in [0.05, 0.1) is 24.0 Å². The number of carboxylic acid groups (broad SMARTS) is 1. The third kappa shape index (κ3) is 3.08. The standard InChI is InChI=1S/C15H15NO6/c1-7-10-4-3-9(17)5-12(10)22-15(21)11(7)6-13(18)16-8(2)14(19)20/h3-5,8,17H,6H2,1-2H3,(H,16,18)(H,19,20)/p-1/t8-/m0/s1. The van der Waals surface area contributed by atoms with Crippen molar-refractivity contribution in [2.45, 2.75) is 26.3 Å². The second-order valence-corrected chi connectivity index (χ2v) is 4.96. The number of aliphatic carboxylic acids is 1. The van der Waals surface area contributed by atoms with E-state index in [1.54, 1.807) is 13.0 Å². The third-order valence-electron chi connectivity index (χ3n) is 3.34. The third-order valence-corrected chi connectivity index (χ3v) is 3.34. The van der Waals surface area contributed by atoms with E-state index in [-0.39, 0.29) is 23.3 Å². The van der Waals surface area contributed by atoms with Crippen molar-refractivity contribution in [2.24, 2.45) is 0 Å². The van der Waals surface area contributed by atoms with Crippen LogP contribution in [0.3, 0.4) is 0 Å². The van der Waals surface area contributed by atoms with Crippen molar-refractivity contribution in [1.29, 1.82) is 0 Å².